The molecule has 0 saturated heterocycles. The summed E-state index contributed by atoms with van der Waals surface area (Å²) in [6, 6.07) is 0.135. The molecule has 0 aliphatic rings. The van der Waals surface area contributed by atoms with Gasteiger partial charge in [-0.1, -0.05) is 25.6 Å². The van der Waals surface area contributed by atoms with Crippen molar-refractivity contribution >= 4 is 23.7 Å². The second kappa shape index (κ2) is 7.49. The summed E-state index contributed by atoms with van der Waals surface area (Å²) in [4.78, 5) is 12.8. The van der Waals surface area contributed by atoms with Gasteiger partial charge in [-0.3, -0.25) is 9.36 Å². The van der Waals surface area contributed by atoms with Gasteiger partial charge < -0.3 is 15.7 Å². The Labute approximate surface area is 123 Å². The molecule has 0 aliphatic carbocycles. The van der Waals surface area contributed by atoms with Gasteiger partial charge in [0.1, 0.15) is 0 Å². The van der Waals surface area contributed by atoms with E-state index >= 15 is 0 Å². The van der Waals surface area contributed by atoms with Gasteiger partial charge in [0.25, 0.3) is 0 Å². The fraction of sp³-hybridized carbons (Fsp3) is 0.750. The number of carboxylic acid groups (broad SMARTS) is 1. The van der Waals surface area contributed by atoms with Crippen molar-refractivity contribution in [3.63, 3.8) is 0 Å². The number of nitrogens with two attached hydrogens (primary N) is 1. The van der Waals surface area contributed by atoms with Gasteiger partial charge in [0.05, 0.1) is 11.8 Å². The predicted octanol–water partition coefficient (Wildman–Crippen LogP) is 1.19. The zero-order chi connectivity index (χ0) is 15.3. The lowest BCUT2D eigenvalue weighted by Gasteiger charge is -2.25. The summed E-state index contributed by atoms with van der Waals surface area (Å²) >= 11 is 1.15. The van der Waals surface area contributed by atoms with E-state index in [0.29, 0.717) is 17.0 Å². The maximum Gasteiger partial charge on any atom is 0.313 e. The maximum atomic E-state index is 10.7. The van der Waals surface area contributed by atoms with Crippen molar-refractivity contribution in [2.24, 2.45) is 5.92 Å². The quantitative estimate of drug-likeness (QED) is 0.696. The summed E-state index contributed by atoms with van der Waals surface area (Å²) in [7, 11) is 4.00. The van der Waals surface area contributed by atoms with Crippen molar-refractivity contribution < 1.29 is 9.90 Å². The van der Waals surface area contributed by atoms with Crippen LogP contribution in [0.1, 0.15) is 26.3 Å². The monoisotopic (exact) mass is 301 g/mol. The molecule has 8 heteroatoms. The molecular weight excluding hydrogens is 278 g/mol. The van der Waals surface area contributed by atoms with E-state index in [0.717, 1.165) is 24.7 Å². The second-order valence-electron chi connectivity index (χ2n) is 5.44. The van der Waals surface area contributed by atoms with Crippen molar-refractivity contribution in [2.75, 3.05) is 32.1 Å². The van der Waals surface area contributed by atoms with Crippen LogP contribution in [0.4, 0.5) is 5.95 Å². The molecule has 1 atom stereocenters. The summed E-state index contributed by atoms with van der Waals surface area (Å²) < 4.78 is 1.85. The number of carboxylic acids is 1. The van der Waals surface area contributed by atoms with Gasteiger partial charge in [0.15, 0.2) is 5.16 Å². The Hall–Kier alpha value is -1.28. The number of hydrogen-bond acceptors (Lipinski definition) is 6. The number of aromatic nitrogens is 3. The van der Waals surface area contributed by atoms with E-state index < -0.39 is 5.97 Å². The lowest BCUT2D eigenvalue weighted by Crippen LogP contribution is -2.27. The molecule has 20 heavy (non-hydrogen) atoms. The number of nitrogen functional groups attached to an aromatic ring is 1. The molecule has 0 radical (unpaired) electrons. The molecule has 0 aromatic carbocycles. The highest BCUT2D eigenvalue weighted by molar-refractivity contribution is 7.99. The van der Waals surface area contributed by atoms with Crippen LogP contribution < -0.4 is 5.73 Å². The summed E-state index contributed by atoms with van der Waals surface area (Å²) in [6.07, 6.45) is 0.932. The van der Waals surface area contributed by atoms with Crippen molar-refractivity contribution in [3.8, 4) is 0 Å². The number of anilines is 1. The van der Waals surface area contributed by atoms with Gasteiger partial charge in [-0.25, -0.2) is 0 Å². The summed E-state index contributed by atoms with van der Waals surface area (Å²) in [5.41, 5.74) is 5.91. The molecule has 1 heterocycles. The highest BCUT2D eigenvalue weighted by atomic mass is 32.2. The smallest absolute Gasteiger partial charge is 0.313 e. The van der Waals surface area contributed by atoms with Crippen molar-refractivity contribution in [2.45, 2.75) is 31.5 Å². The van der Waals surface area contributed by atoms with E-state index in [2.05, 4.69) is 28.9 Å². The van der Waals surface area contributed by atoms with Crippen LogP contribution in [0, 0.1) is 5.92 Å². The Morgan fingerprint density at radius 3 is 2.60 bits per heavy atom. The van der Waals surface area contributed by atoms with E-state index in [9.17, 15) is 4.79 Å². The van der Waals surface area contributed by atoms with Crippen LogP contribution in [0.3, 0.4) is 0 Å². The fourth-order valence-electron chi connectivity index (χ4n) is 2.08. The first kappa shape index (κ1) is 16.8. The largest absolute Gasteiger partial charge is 0.481 e. The summed E-state index contributed by atoms with van der Waals surface area (Å²) in [5.74, 6) is -0.0882. The van der Waals surface area contributed by atoms with Crippen molar-refractivity contribution in [3.05, 3.63) is 0 Å². The zero-order valence-corrected chi connectivity index (χ0v) is 13.2. The van der Waals surface area contributed by atoms with E-state index in [4.69, 9.17) is 10.8 Å². The lowest BCUT2D eigenvalue weighted by molar-refractivity contribution is -0.133. The fourth-order valence-corrected chi connectivity index (χ4v) is 2.82. The zero-order valence-electron chi connectivity index (χ0n) is 12.4. The van der Waals surface area contributed by atoms with Gasteiger partial charge in [-0.2, -0.15) is 0 Å². The van der Waals surface area contributed by atoms with E-state index in [1.54, 1.807) is 0 Å². The van der Waals surface area contributed by atoms with Crippen LogP contribution in [0.15, 0.2) is 5.16 Å². The Kier molecular flexibility index (Phi) is 6.28. The predicted molar refractivity (Wildman–Crippen MR) is 79.8 cm³/mol. The SMILES string of the molecule is CC(C)CC(CN(C)C)n1c(N)nnc1SCC(=O)O. The molecule has 1 rings (SSSR count). The third kappa shape index (κ3) is 5.01. The molecule has 0 saturated carbocycles. The molecule has 1 aromatic heterocycles. The number of hydrogen-bond donors (Lipinski definition) is 2. The minimum absolute atomic E-state index is 0.0471. The van der Waals surface area contributed by atoms with Gasteiger partial charge in [0, 0.05) is 6.54 Å². The molecule has 1 unspecified atom stereocenters. The second-order valence-corrected chi connectivity index (χ2v) is 6.38. The molecule has 3 N–H and O–H groups in total. The van der Waals surface area contributed by atoms with Gasteiger partial charge in [-0.05, 0) is 26.4 Å². The number of likely N-dealkylation sites (N-methyl/N-ethyl adjacent to an activating group) is 1. The highest BCUT2D eigenvalue weighted by Crippen LogP contribution is 2.27. The number of carbonyl (C=O) groups is 1. The lowest BCUT2D eigenvalue weighted by atomic mass is 10.0. The van der Waals surface area contributed by atoms with Crippen molar-refractivity contribution in [1.29, 1.82) is 0 Å². The standard InChI is InChI=1S/C12H23N5O2S/c1-8(2)5-9(6-16(3)4)17-11(13)14-15-12(17)20-7-10(18)19/h8-9H,5-7H2,1-4H3,(H2,13,14)(H,18,19). The highest BCUT2D eigenvalue weighted by Gasteiger charge is 2.22. The average molecular weight is 301 g/mol. The molecular formula is C12H23N5O2S. The van der Waals surface area contributed by atoms with Crippen LogP contribution in [0.5, 0.6) is 0 Å². The third-order valence-corrected chi connectivity index (χ3v) is 3.63. The van der Waals surface area contributed by atoms with Crippen molar-refractivity contribution in [1.82, 2.24) is 19.7 Å². The van der Waals surface area contributed by atoms with Crippen LogP contribution in [0.2, 0.25) is 0 Å². The minimum Gasteiger partial charge on any atom is -0.481 e. The van der Waals surface area contributed by atoms with Crippen LogP contribution in [0.25, 0.3) is 0 Å². The normalized spacial score (nSPS) is 13.1. The topological polar surface area (TPSA) is 97.3 Å². The molecule has 7 nitrogen and oxygen atoms in total. The molecule has 0 bridgehead atoms. The molecule has 0 aliphatic heterocycles. The Balaban J connectivity index is 2.98. The minimum atomic E-state index is -0.879. The Morgan fingerprint density at radius 2 is 2.10 bits per heavy atom. The van der Waals surface area contributed by atoms with Gasteiger partial charge in [-0.15, -0.1) is 10.2 Å². The first-order valence-corrected chi connectivity index (χ1v) is 7.49. The van der Waals surface area contributed by atoms with Crippen LogP contribution in [-0.4, -0.2) is 57.1 Å². The molecule has 0 fully saturated rings. The molecule has 114 valence electrons. The summed E-state index contributed by atoms with van der Waals surface area (Å²) in [5, 5.41) is 17.2. The number of aliphatic carboxylic acids is 1. The van der Waals surface area contributed by atoms with E-state index in [1.165, 1.54) is 0 Å². The number of rotatable bonds is 8. The first-order valence-electron chi connectivity index (χ1n) is 6.51. The number of nitrogens with zero attached hydrogens (tertiary/aromatic N) is 4. The van der Waals surface area contributed by atoms with Gasteiger partial charge in [0.2, 0.25) is 5.95 Å². The Morgan fingerprint density at radius 1 is 1.45 bits per heavy atom. The number of thioether (sulfide) groups is 1. The van der Waals surface area contributed by atoms with E-state index in [1.807, 2.05) is 18.7 Å². The molecule has 0 amide bonds. The Bertz CT molecular complexity index is 437. The average Bonchev–Trinajstić information content (AvgIpc) is 2.65. The summed E-state index contributed by atoms with van der Waals surface area (Å²) in [6.45, 7) is 5.10. The maximum absolute atomic E-state index is 10.7. The third-order valence-electron chi connectivity index (χ3n) is 2.70. The van der Waals surface area contributed by atoms with Crippen LogP contribution >= 0.6 is 11.8 Å². The first-order chi connectivity index (χ1) is 9.31. The van der Waals surface area contributed by atoms with Crippen LogP contribution in [-0.2, 0) is 4.79 Å². The van der Waals surface area contributed by atoms with Gasteiger partial charge >= 0.3 is 5.97 Å². The molecule has 1 aromatic rings. The molecule has 0 spiro atoms. The van der Waals surface area contributed by atoms with E-state index in [-0.39, 0.29) is 11.8 Å².